The van der Waals surface area contributed by atoms with Gasteiger partial charge in [0.05, 0.1) is 5.92 Å². The molecule has 0 radical (unpaired) electrons. The second-order valence-electron chi connectivity index (χ2n) is 5.40. The summed E-state index contributed by atoms with van der Waals surface area (Å²) in [5.41, 5.74) is 0. The van der Waals surface area contributed by atoms with Gasteiger partial charge < -0.3 is 15.3 Å². The van der Waals surface area contributed by atoms with Gasteiger partial charge in [0.15, 0.2) is 0 Å². The number of hydrogen-bond donors (Lipinski definition) is 3. The first kappa shape index (κ1) is 15.3. The predicted octanol–water partition coefficient (Wildman–Crippen LogP) is -0.314. The highest BCUT2D eigenvalue weighted by molar-refractivity contribution is 6.04. The fourth-order valence-electron chi connectivity index (χ4n) is 2.96. The quantitative estimate of drug-likeness (QED) is 0.618. The van der Waals surface area contributed by atoms with E-state index in [2.05, 4.69) is 10.6 Å². The van der Waals surface area contributed by atoms with Crippen molar-refractivity contribution in [3.05, 3.63) is 0 Å². The summed E-state index contributed by atoms with van der Waals surface area (Å²) >= 11 is 0. The number of carboxylic acids is 1. The number of carboxylic acid groups (broad SMARTS) is 1. The molecule has 0 spiro atoms. The molecule has 4 amide bonds. The van der Waals surface area contributed by atoms with Crippen molar-refractivity contribution in [2.75, 3.05) is 6.54 Å². The van der Waals surface area contributed by atoms with Gasteiger partial charge in [0.1, 0.15) is 12.6 Å². The van der Waals surface area contributed by atoms with E-state index in [4.69, 9.17) is 5.11 Å². The van der Waals surface area contributed by atoms with Gasteiger partial charge in [-0.2, -0.15) is 0 Å². The molecule has 2 rings (SSSR count). The predicted molar refractivity (Wildman–Crippen MR) is 71.2 cm³/mol. The molecular weight excluding hydrogens is 278 g/mol. The van der Waals surface area contributed by atoms with Gasteiger partial charge in [-0.25, -0.2) is 4.79 Å². The number of rotatable bonds is 3. The molecule has 3 N–H and O–H groups in total. The number of nitrogens with one attached hydrogen (secondary N) is 2. The zero-order chi connectivity index (χ0) is 15.6. The summed E-state index contributed by atoms with van der Waals surface area (Å²) in [5.74, 6) is -2.56. The molecule has 116 valence electrons. The van der Waals surface area contributed by atoms with Gasteiger partial charge in [-0.15, -0.1) is 0 Å². The van der Waals surface area contributed by atoms with E-state index in [1.807, 2.05) is 0 Å². The summed E-state index contributed by atoms with van der Waals surface area (Å²) < 4.78 is 0. The molecule has 1 aliphatic heterocycles. The third kappa shape index (κ3) is 3.14. The van der Waals surface area contributed by atoms with Crippen LogP contribution in [0.2, 0.25) is 0 Å². The van der Waals surface area contributed by atoms with Crippen molar-refractivity contribution in [3.8, 4) is 0 Å². The molecule has 3 atom stereocenters. The fraction of sp³-hybridized carbons (Fsp3) is 0.692. The van der Waals surface area contributed by atoms with Crippen molar-refractivity contribution >= 4 is 23.8 Å². The van der Waals surface area contributed by atoms with Crippen molar-refractivity contribution in [1.29, 1.82) is 0 Å². The van der Waals surface area contributed by atoms with Crippen LogP contribution in [-0.4, -0.2) is 52.4 Å². The van der Waals surface area contributed by atoms with Crippen LogP contribution in [-0.2, 0) is 14.4 Å². The molecule has 2 fully saturated rings. The highest BCUT2D eigenvalue weighted by Gasteiger charge is 2.39. The monoisotopic (exact) mass is 297 g/mol. The molecule has 21 heavy (non-hydrogen) atoms. The topological polar surface area (TPSA) is 116 Å². The molecule has 0 aromatic carbocycles. The van der Waals surface area contributed by atoms with Crippen LogP contribution in [0.25, 0.3) is 0 Å². The SMILES string of the molecule is CCC1C(=O)NC(=O)CN1C(=O)NC1CCCC1C(=O)O. The number of piperazine rings is 1. The standard InChI is InChI=1S/C13H19N3O5/c1-2-9-11(18)15-10(17)6-16(9)13(21)14-8-5-3-4-7(8)12(19)20/h7-9H,2-6H2,1H3,(H,14,21)(H,19,20)(H,15,17,18). The highest BCUT2D eigenvalue weighted by atomic mass is 16.4. The van der Waals surface area contributed by atoms with Crippen LogP contribution in [0.5, 0.6) is 0 Å². The van der Waals surface area contributed by atoms with E-state index in [-0.39, 0.29) is 6.54 Å². The Balaban J connectivity index is 2.06. The lowest BCUT2D eigenvalue weighted by molar-refractivity contribution is -0.142. The third-order valence-electron chi connectivity index (χ3n) is 4.05. The molecule has 8 heteroatoms. The van der Waals surface area contributed by atoms with E-state index in [1.165, 1.54) is 4.90 Å². The van der Waals surface area contributed by atoms with Gasteiger partial charge in [0.2, 0.25) is 11.8 Å². The van der Waals surface area contributed by atoms with Crippen molar-refractivity contribution in [3.63, 3.8) is 0 Å². The van der Waals surface area contributed by atoms with Crippen molar-refractivity contribution < 1.29 is 24.3 Å². The molecule has 0 aromatic rings. The van der Waals surface area contributed by atoms with Crippen molar-refractivity contribution in [1.82, 2.24) is 15.5 Å². The zero-order valence-corrected chi connectivity index (χ0v) is 11.8. The molecule has 1 saturated carbocycles. The first-order valence-electron chi connectivity index (χ1n) is 7.07. The summed E-state index contributed by atoms with van der Waals surface area (Å²) in [6.45, 7) is 1.55. The lowest BCUT2D eigenvalue weighted by atomic mass is 10.0. The Bertz CT molecular complexity index is 478. The van der Waals surface area contributed by atoms with Crippen LogP contribution in [0.3, 0.4) is 0 Å². The number of aliphatic carboxylic acids is 1. The number of hydrogen-bond acceptors (Lipinski definition) is 4. The maximum Gasteiger partial charge on any atom is 0.318 e. The molecule has 2 aliphatic rings. The van der Waals surface area contributed by atoms with Crippen LogP contribution in [0.4, 0.5) is 4.79 Å². The zero-order valence-electron chi connectivity index (χ0n) is 11.8. The molecule has 1 saturated heterocycles. The average molecular weight is 297 g/mol. The number of carbonyl (C=O) groups is 4. The lowest BCUT2D eigenvalue weighted by Gasteiger charge is -2.34. The Hall–Kier alpha value is -2.12. The molecule has 1 heterocycles. The summed E-state index contributed by atoms with van der Waals surface area (Å²) in [7, 11) is 0. The molecule has 1 aliphatic carbocycles. The fourth-order valence-corrected chi connectivity index (χ4v) is 2.96. The normalized spacial score (nSPS) is 29.2. The minimum atomic E-state index is -0.933. The van der Waals surface area contributed by atoms with Crippen LogP contribution in [0, 0.1) is 5.92 Å². The van der Waals surface area contributed by atoms with Gasteiger partial charge in [0, 0.05) is 6.04 Å². The minimum Gasteiger partial charge on any atom is -0.481 e. The van der Waals surface area contributed by atoms with E-state index < -0.39 is 41.8 Å². The van der Waals surface area contributed by atoms with E-state index in [0.717, 1.165) is 6.42 Å². The maximum atomic E-state index is 12.3. The van der Waals surface area contributed by atoms with Crippen molar-refractivity contribution in [2.45, 2.75) is 44.7 Å². The van der Waals surface area contributed by atoms with Crippen molar-refractivity contribution in [2.24, 2.45) is 5.92 Å². The number of nitrogens with zero attached hydrogens (tertiary/aromatic N) is 1. The van der Waals surface area contributed by atoms with Crippen LogP contribution in [0.1, 0.15) is 32.6 Å². The van der Waals surface area contributed by atoms with Crippen LogP contribution < -0.4 is 10.6 Å². The van der Waals surface area contributed by atoms with Gasteiger partial charge >= 0.3 is 12.0 Å². The van der Waals surface area contributed by atoms with E-state index >= 15 is 0 Å². The minimum absolute atomic E-state index is 0.194. The second-order valence-corrected chi connectivity index (χ2v) is 5.40. The Morgan fingerprint density at radius 2 is 2.10 bits per heavy atom. The summed E-state index contributed by atoms with van der Waals surface area (Å²) in [4.78, 5) is 47.7. The summed E-state index contributed by atoms with van der Waals surface area (Å²) in [6, 6.07) is -1.71. The summed E-state index contributed by atoms with van der Waals surface area (Å²) in [5, 5.41) is 14.0. The van der Waals surface area contributed by atoms with Gasteiger partial charge in [-0.05, 0) is 19.3 Å². The summed E-state index contributed by atoms with van der Waals surface area (Å²) in [6.07, 6.45) is 2.24. The maximum absolute atomic E-state index is 12.3. The Kier molecular flexibility index (Phi) is 4.44. The lowest BCUT2D eigenvalue weighted by Crippen LogP contribution is -2.62. The first-order chi connectivity index (χ1) is 9.93. The Morgan fingerprint density at radius 3 is 2.71 bits per heavy atom. The number of carbonyl (C=O) groups excluding carboxylic acids is 3. The smallest absolute Gasteiger partial charge is 0.318 e. The van der Waals surface area contributed by atoms with E-state index in [9.17, 15) is 19.2 Å². The number of amides is 4. The molecular formula is C13H19N3O5. The Labute approximate surface area is 121 Å². The van der Waals surface area contributed by atoms with E-state index in [0.29, 0.717) is 19.3 Å². The highest BCUT2D eigenvalue weighted by Crippen LogP contribution is 2.26. The van der Waals surface area contributed by atoms with Gasteiger partial charge in [-0.1, -0.05) is 13.3 Å². The number of urea groups is 1. The van der Waals surface area contributed by atoms with E-state index in [1.54, 1.807) is 6.92 Å². The third-order valence-corrected chi connectivity index (χ3v) is 4.05. The molecule has 3 unspecified atom stereocenters. The second kappa shape index (κ2) is 6.11. The first-order valence-corrected chi connectivity index (χ1v) is 7.07. The number of imide groups is 1. The van der Waals surface area contributed by atoms with Crippen LogP contribution >= 0.6 is 0 Å². The molecule has 8 nitrogen and oxygen atoms in total. The largest absolute Gasteiger partial charge is 0.481 e. The van der Waals surface area contributed by atoms with Gasteiger partial charge in [0.25, 0.3) is 0 Å². The van der Waals surface area contributed by atoms with Crippen LogP contribution in [0.15, 0.2) is 0 Å². The van der Waals surface area contributed by atoms with Gasteiger partial charge in [-0.3, -0.25) is 19.7 Å². The molecule has 0 aromatic heterocycles. The molecule has 0 bridgehead atoms. The Morgan fingerprint density at radius 1 is 1.38 bits per heavy atom. The average Bonchev–Trinajstić information content (AvgIpc) is 2.86.